The Kier molecular flexibility index (Phi) is 5.06. The molecule has 7 heteroatoms. The van der Waals surface area contributed by atoms with Crippen LogP contribution in [0.2, 0.25) is 5.02 Å². The lowest BCUT2D eigenvalue weighted by atomic mass is 9.85. The predicted molar refractivity (Wildman–Crippen MR) is 91.5 cm³/mol. The number of likely N-dealkylation sites (tertiary alicyclic amines) is 1. The molecule has 1 aromatic rings. The van der Waals surface area contributed by atoms with Crippen LogP contribution in [0.25, 0.3) is 0 Å². The first-order valence-corrected chi connectivity index (χ1v) is 8.80. The van der Waals surface area contributed by atoms with Crippen LogP contribution in [0.5, 0.6) is 5.75 Å². The molecule has 5 nitrogen and oxygen atoms in total. The van der Waals surface area contributed by atoms with Crippen molar-refractivity contribution in [1.82, 2.24) is 4.90 Å². The molecular weight excluding hydrogens is 398 g/mol. The van der Waals surface area contributed by atoms with Gasteiger partial charge in [-0.3, -0.25) is 19.3 Å². The van der Waals surface area contributed by atoms with Crippen molar-refractivity contribution < 1.29 is 19.1 Å². The molecule has 24 heavy (non-hydrogen) atoms. The van der Waals surface area contributed by atoms with Gasteiger partial charge in [0.1, 0.15) is 5.75 Å². The average Bonchev–Trinajstić information content (AvgIpc) is 2.80. The van der Waals surface area contributed by atoms with Gasteiger partial charge in [-0.1, -0.05) is 39.7 Å². The Morgan fingerprint density at radius 3 is 2.42 bits per heavy atom. The lowest BCUT2D eigenvalue weighted by molar-refractivity contribution is -0.141. The molecule has 2 aliphatic rings. The van der Waals surface area contributed by atoms with Crippen molar-refractivity contribution in [2.45, 2.75) is 19.3 Å². The van der Waals surface area contributed by atoms with Crippen molar-refractivity contribution in [2.75, 3.05) is 6.54 Å². The first-order chi connectivity index (χ1) is 11.5. The van der Waals surface area contributed by atoms with Crippen molar-refractivity contribution in [3.8, 4) is 5.75 Å². The summed E-state index contributed by atoms with van der Waals surface area (Å²) in [6.45, 7) is 0.0393. The van der Waals surface area contributed by atoms with E-state index in [4.69, 9.17) is 16.3 Å². The summed E-state index contributed by atoms with van der Waals surface area (Å²) in [6.07, 6.45) is 4.98. The molecule has 1 fully saturated rings. The third-order valence-corrected chi connectivity index (χ3v) is 5.04. The Morgan fingerprint density at radius 1 is 1.21 bits per heavy atom. The zero-order valence-corrected chi connectivity index (χ0v) is 15.0. The molecule has 0 saturated carbocycles. The third kappa shape index (κ3) is 3.39. The normalized spacial score (nSPS) is 22.7. The zero-order chi connectivity index (χ0) is 17.3. The van der Waals surface area contributed by atoms with Gasteiger partial charge in [0.05, 0.1) is 23.3 Å². The fourth-order valence-corrected chi connectivity index (χ4v) is 3.74. The fourth-order valence-electron chi connectivity index (χ4n) is 3.02. The Bertz CT molecular complexity index is 707. The van der Waals surface area contributed by atoms with Crippen LogP contribution in [0.3, 0.4) is 0 Å². The topological polar surface area (TPSA) is 63.7 Å². The maximum atomic E-state index is 12.3. The van der Waals surface area contributed by atoms with E-state index >= 15 is 0 Å². The van der Waals surface area contributed by atoms with Gasteiger partial charge >= 0.3 is 5.97 Å². The van der Waals surface area contributed by atoms with Crippen molar-refractivity contribution >= 4 is 45.3 Å². The number of nitrogens with zero attached hydrogens (tertiary/aromatic N) is 1. The number of amides is 2. The summed E-state index contributed by atoms with van der Waals surface area (Å²) in [4.78, 5) is 37.8. The van der Waals surface area contributed by atoms with Gasteiger partial charge in [0.2, 0.25) is 11.8 Å². The minimum Gasteiger partial charge on any atom is -0.425 e. The smallest absolute Gasteiger partial charge is 0.313 e. The van der Waals surface area contributed by atoms with Crippen LogP contribution in [-0.2, 0) is 14.4 Å². The van der Waals surface area contributed by atoms with E-state index in [1.807, 2.05) is 12.2 Å². The summed E-state index contributed by atoms with van der Waals surface area (Å²) < 4.78 is 5.97. The summed E-state index contributed by atoms with van der Waals surface area (Å²) in [6, 6.07) is 4.91. The summed E-state index contributed by atoms with van der Waals surface area (Å²) in [5.41, 5.74) is 0. The highest BCUT2D eigenvalue weighted by Crippen LogP contribution is 2.35. The number of rotatable bonds is 4. The number of hydrogen-bond acceptors (Lipinski definition) is 4. The summed E-state index contributed by atoms with van der Waals surface area (Å²) in [5.74, 6) is -1.22. The maximum absolute atomic E-state index is 12.3. The van der Waals surface area contributed by atoms with Crippen molar-refractivity contribution in [3.05, 3.63) is 39.8 Å². The van der Waals surface area contributed by atoms with Crippen molar-refractivity contribution in [3.63, 3.8) is 0 Å². The van der Waals surface area contributed by atoms with Crippen LogP contribution in [0, 0.1) is 11.8 Å². The molecule has 1 aliphatic heterocycles. The van der Waals surface area contributed by atoms with E-state index in [0.717, 1.165) is 4.47 Å². The SMILES string of the molecule is O=C(CCN1C(=O)[C@H]2CC=CC[C@H]2C1=O)Oc1ccc(Br)cc1Cl. The molecule has 2 atom stereocenters. The molecule has 0 bridgehead atoms. The van der Waals surface area contributed by atoms with Crippen LogP contribution < -0.4 is 4.74 Å². The molecule has 0 spiro atoms. The van der Waals surface area contributed by atoms with Gasteiger partial charge in [0, 0.05) is 11.0 Å². The van der Waals surface area contributed by atoms with Gasteiger partial charge in [-0.15, -0.1) is 0 Å². The lowest BCUT2D eigenvalue weighted by Gasteiger charge is -2.14. The molecule has 1 saturated heterocycles. The average molecular weight is 413 g/mol. The Balaban J connectivity index is 1.58. The van der Waals surface area contributed by atoms with Crippen LogP contribution in [0.1, 0.15) is 19.3 Å². The summed E-state index contributed by atoms with van der Waals surface area (Å²) in [5, 5.41) is 0.308. The van der Waals surface area contributed by atoms with Crippen LogP contribution >= 0.6 is 27.5 Å². The Hall–Kier alpha value is -1.66. The van der Waals surface area contributed by atoms with Crippen LogP contribution in [0.15, 0.2) is 34.8 Å². The number of carbonyl (C=O) groups is 3. The van der Waals surface area contributed by atoms with Gasteiger partial charge in [0.25, 0.3) is 0 Å². The number of benzene rings is 1. The van der Waals surface area contributed by atoms with E-state index < -0.39 is 5.97 Å². The number of carbonyl (C=O) groups excluding carboxylic acids is 3. The van der Waals surface area contributed by atoms with Gasteiger partial charge in [-0.2, -0.15) is 0 Å². The van der Waals surface area contributed by atoms with Crippen molar-refractivity contribution in [1.29, 1.82) is 0 Å². The van der Waals surface area contributed by atoms with E-state index in [1.54, 1.807) is 18.2 Å². The lowest BCUT2D eigenvalue weighted by Crippen LogP contribution is -2.33. The Morgan fingerprint density at radius 2 is 1.83 bits per heavy atom. The monoisotopic (exact) mass is 411 g/mol. The molecule has 2 amide bonds. The molecule has 126 valence electrons. The van der Waals surface area contributed by atoms with E-state index in [2.05, 4.69) is 15.9 Å². The van der Waals surface area contributed by atoms with E-state index in [0.29, 0.717) is 17.9 Å². The second kappa shape index (κ2) is 7.07. The quantitative estimate of drug-likeness (QED) is 0.329. The number of fused-ring (bicyclic) bond motifs is 1. The minimum absolute atomic E-state index is 0.0393. The van der Waals surface area contributed by atoms with E-state index in [9.17, 15) is 14.4 Å². The van der Waals surface area contributed by atoms with Crippen LogP contribution in [-0.4, -0.2) is 29.2 Å². The number of ether oxygens (including phenoxy) is 1. The highest BCUT2D eigenvalue weighted by atomic mass is 79.9. The predicted octanol–water partition coefficient (Wildman–Crippen LogP) is 3.35. The molecular formula is C17H15BrClNO4. The third-order valence-electron chi connectivity index (χ3n) is 4.26. The van der Waals surface area contributed by atoms with Crippen LogP contribution in [0.4, 0.5) is 0 Å². The van der Waals surface area contributed by atoms with Gasteiger partial charge in [0.15, 0.2) is 0 Å². The number of hydrogen-bond donors (Lipinski definition) is 0. The molecule has 1 heterocycles. The van der Waals surface area contributed by atoms with E-state index in [1.165, 1.54) is 4.90 Å². The fraction of sp³-hybridized carbons (Fsp3) is 0.353. The molecule has 0 N–H and O–H groups in total. The van der Waals surface area contributed by atoms with Crippen molar-refractivity contribution in [2.24, 2.45) is 11.8 Å². The molecule has 0 radical (unpaired) electrons. The molecule has 0 unspecified atom stereocenters. The molecule has 0 aromatic heterocycles. The number of allylic oxidation sites excluding steroid dienone is 2. The highest BCUT2D eigenvalue weighted by Gasteiger charge is 2.46. The molecule has 3 rings (SSSR count). The molecule has 1 aromatic carbocycles. The first kappa shape index (κ1) is 17.2. The van der Waals surface area contributed by atoms with Gasteiger partial charge in [-0.05, 0) is 31.0 Å². The van der Waals surface area contributed by atoms with Gasteiger partial charge < -0.3 is 4.74 Å². The van der Waals surface area contributed by atoms with Gasteiger partial charge in [-0.25, -0.2) is 0 Å². The standard InChI is InChI=1S/C17H15BrClNO4/c18-10-5-6-14(13(19)9-10)24-15(21)7-8-20-16(22)11-3-1-2-4-12(11)17(20)23/h1-2,5-6,9,11-12H,3-4,7-8H2/t11-,12+. The largest absolute Gasteiger partial charge is 0.425 e. The second-order valence-corrected chi connectivity index (χ2v) is 7.11. The van der Waals surface area contributed by atoms with E-state index in [-0.39, 0.29) is 42.4 Å². The number of esters is 1. The first-order valence-electron chi connectivity index (χ1n) is 7.63. The summed E-state index contributed by atoms with van der Waals surface area (Å²) >= 11 is 9.27. The minimum atomic E-state index is -0.534. The number of imide groups is 1. The summed E-state index contributed by atoms with van der Waals surface area (Å²) in [7, 11) is 0. The number of halogens is 2. The Labute approximate surface area is 152 Å². The maximum Gasteiger partial charge on any atom is 0.313 e. The highest BCUT2D eigenvalue weighted by molar-refractivity contribution is 9.10. The second-order valence-electron chi connectivity index (χ2n) is 5.78. The molecule has 1 aliphatic carbocycles. The zero-order valence-electron chi connectivity index (χ0n) is 12.7.